The molecular weight excluding hydrogens is 198 g/mol. The van der Waals surface area contributed by atoms with Crippen molar-refractivity contribution in [3.05, 3.63) is 29.3 Å². The highest BCUT2D eigenvalue weighted by Crippen LogP contribution is 2.51. The highest BCUT2D eigenvalue weighted by atomic mass is 16.5. The van der Waals surface area contributed by atoms with Crippen molar-refractivity contribution in [1.29, 1.82) is 0 Å². The minimum atomic E-state index is 0.280. The lowest BCUT2D eigenvalue weighted by Gasteiger charge is -2.50. The lowest BCUT2D eigenvalue weighted by Crippen LogP contribution is -2.53. The zero-order valence-corrected chi connectivity index (χ0v) is 9.83. The van der Waals surface area contributed by atoms with Crippen LogP contribution in [0.3, 0.4) is 0 Å². The Morgan fingerprint density at radius 1 is 1.38 bits per heavy atom. The van der Waals surface area contributed by atoms with Gasteiger partial charge in [0.2, 0.25) is 0 Å². The van der Waals surface area contributed by atoms with Gasteiger partial charge in [-0.2, -0.15) is 0 Å². The number of hydrogen-bond donors (Lipinski definition) is 1. The molecule has 2 N–H and O–H groups in total. The smallest absolute Gasteiger partial charge is 0.119 e. The van der Waals surface area contributed by atoms with Crippen molar-refractivity contribution in [3.8, 4) is 5.75 Å². The molecule has 1 saturated carbocycles. The fraction of sp³-hybridized carbons (Fsp3) is 0.571. The molecular formula is C14H19NO. The van der Waals surface area contributed by atoms with Gasteiger partial charge in [-0.05, 0) is 48.9 Å². The average Bonchev–Trinajstić information content (AvgIpc) is 2.26. The number of rotatable bonds is 1. The summed E-state index contributed by atoms with van der Waals surface area (Å²) in [5.41, 5.74) is 9.58. The molecule has 0 heterocycles. The monoisotopic (exact) mass is 217 g/mol. The lowest BCUT2D eigenvalue weighted by atomic mass is 9.56. The van der Waals surface area contributed by atoms with Gasteiger partial charge in [0.05, 0.1) is 7.11 Å². The van der Waals surface area contributed by atoms with Gasteiger partial charge in [0.25, 0.3) is 0 Å². The summed E-state index contributed by atoms with van der Waals surface area (Å²) >= 11 is 0. The number of benzene rings is 1. The van der Waals surface area contributed by atoms with Crippen LogP contribution in [0.1, 0.15) is 36.8 Å². The first-order chi connectivity index (χ1) is 7.76. The maximum Gasteiger partial charge on any atom is 0.119 e. The molecule has 0 saturated heterocycles. The van der Waals surface area contributed by atoms with Crippen LogP contribution in [0.4, 0.5) is 0 Å². The molecule has 0 aliphatic heterocycles. The van der Waals surface area contributed by atoms with E-state index in [1.807, 2.05) is 0 Å². The quantitative estimate of drug-likeness (QED) is 0.784. The maximum atomic E-state index is 6.34. The SMILES string of the molecule is COc1ccc2c(c1)C1(CCC1)C(N)CC2. The van der Waals surface area contributed by atoms with E-state index < -0.39 is 0 Å². The van der Waals surface area contributed by atoms with E-state index in [-0.39, 0.29) is 5.41 Å². The van der Waals surface area contributed by atoms with E-state index in [0.717, 1.165) is 18.6 Å². The molecule has 2 aliphatic carbocycles. The topological polar surface area (TPSA) is 35.2 Å². The summed E-state index contributed by atoms with van der Waals surface area (Å²) in [6.07, 6.45) is 6.11. The van der Waals surface area contributed by atoms with Crippen molar-refractivity contribution in [2.24, 2.45) is 5.73 Å². The standard InChI is InChI=1S/C14H19NO/c1-16-11-5-3-10-4-6-13(15)14(7-2-8-14)12(10)9-11/h3,5,9,13H,2,4,6-8,15H2,1H3. The molecule has 0 aromatic heterocycles. The molecule has 2 nitrogen and oxygen atoms in total. The van der Waals surface area contributed by atoms with Gasteiger partial charge in [0.1, 0.15) is 5.75 Å². The third-order valence-electron chi connectivity index (χ3n) is 4.53. The van der Waals surface area contributed by atoms with Crippen molar-refractivity contribution in [2.45, 2.75) is 43.6 Å². The van der Waals surface area contributed by atoms with Crippen molar-refractivity contribution in [1.82, 2.24) is 0 Å². The molecule has 0 bridgehead atoms. The normalized spacial score (nSPS) is 26.0. The first-order valence-electron chi connectivity index (χ1n) is 6.19. The van der Waals surface area contributed by atoms with E-state index in [0.29, 0.717) is 6.04 Å². The Kier molecular flexibility index (Phi) is 2.21. The highest BCUT2D eigenvalue weighted by Gasteiger charge is 2.46. The first-order valence-corrected chi connectivity index (χ1v) is 6.19. The Morgan fingerprint density at radius 3 is 2.81 bits per heavy atom. The fourth-order valence-corrected chi connectivity index (χ4v) is 3.35. The second-order valence-electron chi connectivity index (χ2n) is 5.18. The summed E-state index contributed by atoms with van der Waals surface area (Å²) in [7, 11) is 1.73. The molecule has 1 unspecified atom stereocenters. The molecule has 0 amide bonds. The van der Waals surface area contributed by atoms with Crippen LogP contribution in [0, 0.1) is 0 Å². The van der Waals surface area contributed by atoms with Gasteiger partial charge in [0.15, 0.2) is 0 Å². The van der Waals surface area contributed by atoms with E-state index in [2.05, 4.69) is 18.2 Å². The number of hydrogen-bond acceptors (Lipinski definition) is 2. The molecule has 1 spiro atoms. The molecule has 1 aromatic carbocycles. The molecule has 16 heavy (non-hydrogen) atoms. The van der Waals surface area contributed by atoms with E-state index in [1.54, 1.807) is 7.11 Å². The van der Waals surface area contributed by atoms with Crippen LogP contribution in [0.25, 0.3) is 0 Å². The summed E-state index contributed by atoms with van der Waals surface area (Å²) < 4.78 is 5.34. The van der Waals surface area contributed by atoms with E-state index in [4.69, 9.17) is 10.5 Å². The molecule has 1 atom stereocenters. The van der Waals surface area contributed by atoms with Crippen molar-refractivity contribution < 1.29 is 4.74 Å². The summed E-state index contributed by atoms with van der Waals surface area (Å²) in [6.45, 7) is 0. The second kappa shape index (κ2) is 3.49. The van der Waals surface area contributed by atoms with Crippen LogP contribution in [0.5, 0.6) is 5.75 Å². The van der Waals surface area contributed by atoms with Gasteiger partial charge in [-0.15, -0.1) is 0 Å². The molecule has 2 aliphatic rings. The van der Waals surface area contributed by atoms with Gasteiger partial charge in [-0.3, -0.25) is 0 Å². The minimum Gasteiger partial charge on any atom is -0.497 e. The maximum absolute atomic E-state index is 6.34. The van der Waals surface area contributed by atoms with Crippen LogP contribution < -0.4 is 10.5 Å². The number of methoxy groups -OCH3 is 1. The largest absolute Gasteiger partial charge is 0.497 e. The van der Waals surface area contributed by atoms with Crippen LogP contribution in [-0.4, -0.2) is 13.2 Å². The van der Waals surface area contributed by atoms with E-state index in [9.17, 15) is 0 Å². The van der Waals surface area contributed by atoms with Crippen LogP contribution in [0.15, 0.2) is 18.2 Å². The second-order valence-corrected chi connectivity index (χ2v) is 5.18. The van der Waals surface area contributed by atoms with Gasteiger partial charge in [-0.25, -0.2) is 0 Å². The van der Waals surface area contributed by atoms with Gasteiger partial charge >= 0.3 is 0 Å². The molecule has 86 valence electrons. The summed E-state index contributed by atoms with van der Waals surface area (Å²) in [5.74, 6) is 0.971. The Balaban J connectivity index is 2.10. The van der Waals surface area contributed by atoms with Crippen molar-refractivity contribution in [2.75, 3.05) is 7.11 Å². The average molecular weight is 217 g/mol. The summed E-state index contributed by atoms with van der Waals surface area (Å²) in [6, 6.07) is 6.86. The third-order valence-corrected chi connectivity index (χ3v) is 4.53. The lowest BCUT2D eigenvalue weighted by molar-refractivity contribution is 0.176. The zero-order chi connectivity index (χ0) is 11.2. The molecule has 2 heteroatoms. The predicted octanol–water partition coefficient (Wildman–Crippen LogP) is 2.39. The van der Waals surface area contributed by atoms with Crippen molar-refractivity contribution in [3.63, 3.8) is 0 Å². The number of nitrogens with two attached hydrogens (primary N) is 1. The Labute approximate surface area is 96.8 Å². The first kappa shape index (κ1) is 10.2. The van der Waals surface area contributed by atoms with Gasteiger partial charge < -0.3 is 10.5 Å². The highest BCUT2D eigenvalue weighted by molar-refractivity contribution is 5.45. The van der Waals surface area contributed by atoms with Crippen LogP contribution in [-0.2, 0) is 11.8 Å². The van der Waals surface area contributed by atoms with E-state index >= 15 is 0 Å². The predicted molar refractivity (Wildman–Crippen MR) is 64.8 cm³/mol. The Hall–Kier alpha value is -1.02. The fourth-order valence-electron chi connectivity index (χ4n) is 3.35. The number of aryl methyl sites for hydroxylation is 1. The molecule has 0 radical (unpaired) electrons. The Morgan fingerprint density at radius 2 is 2.19 bits per heavy atom. The minimum absolute atomic E-state index is 0.280. The van der Waals surface area contributed by atoms with Gasteiger partial charge in [0, 0.05) is 11.5 Å². The third kappa shape index (κ3) is 1.23. The van der Waals surface area contributed by atoms with Crippen molar-refractivity contribution >= 4 is 0 Å². The number of fused-ring (bicyclic) bond motifs is 2. The zero-order valence-electron chi connectivity index (χ0n) is 9.83. The summed E-state index contributed by atoms with van der Waals surface area (Å²) in [4.78, 5) is 0. The van der Waals surface area contributed by atoms with E-state index in [1.165, 1.54) is 30.4 Å². The molecule has 1 fully saturated rings. The van der Waals surface area contributed by atoms with Crippen LogP contribution in [0.2, 0.25) is 0 Å². The summed E-state index contributed by atoms with van der Waals surface area (Å²) in [5, 5.41) is 0. The molecule has 3 rings (SSSR count). The Bertz CT molecular complexity index is 409. The number of ether oxygens (including phenoxy) is 1. The molecule has 1 aromatic rings. The van der Waals surface area contributed by atoms with Crippen LogP contribution >= 0.6 is 0 Å². The van der Waals surface area contributed by atoms with Gasteiger partial charge in [-0.1, -0.05) is 12.5 Å².